The zero-order valence-electron chi connectivity index (χ0n) is 21.0. The molecule has 2 saturated heterocycles. The minimum absolute atomic E-state index is 0.0402. The van der Waals surface area contributed by atoms with Gasteiger partial charge in [-0.15, -0.1) is 0 Å². The van der Waals surface area contributed by atoms with Crippen LogP contribution in [0.4, 0.5) is 9.59 Å². The van der Waals surface area contributed by atoms with Crippen molar-refractivity contribution < 1.29 is 28.7 Å². The van der Waals surface area contributed by atoms with Gasteiger partial charge in [-0.2, -0.15) is 0 Å². The summed E-state index contributed by atoms with van der Waals surface area (Å²) in [6.45, 7) is 7.86. The van der Waals surface area contributed by atoms with Crippen LogP contribution >= 0.6 is 0 Å². The van der Waals surface area contributed by atoms with E-state index in [2.05, 4.69) is 0 Å². The summed E-state index contributed by atoms with van der Waals surface area (Å²) >= 11 is 0. The van der Waals surface area contributed by atoms with Crippen molar-refractivity contribution in [3.63, 3.8) is 0 Å². The molecule has 0 N–H and O–H groups in total. The highest BCUT2D eigenvalue weighted by molar-refractivity contribution is 6.04. The molecule has 2 aromatic carbocycles. The number of carbonyl (C=O) groups excluding carboxylic acids is 4. The summed E-state index contributed by atoms with van der Waals surface area (Å²) in [4.78, 5) is 56.3. The van der Waals surface area contributed by atoms with Crippen LogP contribution in [0.2, 0.25) is 0 Å². The Morgan fingerprint density at radius 3 is 1.31 bits per heavy atom. The van der Waals surface area contributed by atoms with E-state index in [1.54, 1.807) is 48.5 Å². The normalized spacial score (nSPS) is 21.5. The van der Waals surface area contributed by atoms with Crippen molar-refractivity contribution >= 4 is 24.0 Å². The lowest BCUT2D eigenvalue weighted by Gasteiger charge is -2.34. The number of hydrogen-bond acceptors (Lipinski definition) is 6. The number of nitrogens with zero attached hydrogens (tertiary/aromatic N) is 2. The quantitative estimate of drug-likeness (QED) is 0.563. The average Bonchev–Trinajstić information content (AvgIpc) is 3.45. The predicted molar refractivity (Wildman–Crippen MR) is 132 cm³/mol. The van der Waals surface area contributed by atoms with Crippen molar-refractivity contribution in [2.75, 3.05) is 13.2 Å². The third kappa shape index (κ3) is 4.72. The monoisotopic (exact) mass is 492 g/mol. The Morgan fingerprint density at radius 1 is 0.667 bits per heavy atom. The highest BCUT2D eigenvalue weighted by atomic mass is 16.6. The second-order valence-corrected chi connectivity index (χ2v) is 9.97. The SMILES string of the molecule is CC(C)[C@H]1COC(=O)N1C(=O)[C@H](c1ccccc1)[C@@H](C(=O)N1C(=O)OC[C@@H]1C(C)C)c1ccccc1. The Bertz CT molecular complexity index is 1030. The van der Waals surface area contributed by atoms with E-state index >= 15 is 0 Å². The molecule has 0 saturated carbocycles. The van der Waals surface area contributed by atoms with Crippen molar-refractivity contribution in [1.82, 2.24) is 9.80 Å². The van der Waals surface area contributed by atoms with Crippen LogP contribution in [0.5, 0.6) is 0 Å². The molecule has 4 atom stereocenters. The van der Waals surface area contributed by atoms with E-state index in [1.807, 2.05) is 39.8 Å². The first-order chi connectivity index (χ1) is 17.2. The van der Waals surface area contributed by atoms with Crippen LogP contribution in [-0.4, -0.2) is 59.1 Å². The number of cyclic esters (lactones) is 2. The lowest BCUT2D eigenvalue weighted by atomic mass is 9.78. The van der Waals surface area contributed by atoms with E-state index < -0.39 is 47.9 Å². The topological polar surface area (TPSA) is 93.2 Å². The number of amides is 4. The molecule has 8 heteroatoms. The van der Waals surface area contributed by atoms with Gasteiger partial charge >= 0.3 is 12.2 Å². The van der Waals surface area contributed by atoms with E-state index in [1.165, 1.54) is 0 Å². The summed E-state index contributed by atoms with van der Waals surface area (Å²) in [5, 5.41) is 0. The minimum Gasteiger partial charge on any atom is -0.447 e. The molecule has 2 heterocycles. The second kappa shape index (κ2) is 10.5. The molecule has 190 valence electrons. The molecule has 0 aliphatic carbocycles. The van der Waals surface area contributed by atoms with E-state index in [-0.39, 0.29) is 25.0 Å². The van der Waals surface area contributed by atoms with Gasteiger partial charge in [-0.25, -0.2) is 19.4 Å². The molecule has 2 fully saturated rings. The van der Waals surface area contributed by atoms with Crippen LogP contribution in [-0.2, 0) is 19.1 Å². The number of ether oxygens (including phenoxy) is 2. The van der Waals surface area contributed by atoms with Crippen LogP contribution in [0.25, 0.3) is 0 Å². The van der Waals surface area contributed by atoms with Crippen molar-refractivity contribution in [3.05, 3.63) is 71.8 Å². The van der Waals surface area contributed by atoms with Crippen molar-refractivity contribution in [2.24, 2.45) is 11.8 Å². The molecule has 36 heavy (non-hydrogen) atoms. The lowest BCUT2D eigenvalue weighted by Crippen LogP contribution is -2.49. The first kappa shape index (κ1) is 25.4. The Hall–Kier alpha value is -3.68. The van der Waals surface area contributed by atoms with Crippen LogP contribution in [0.1, 0.15) is 50.7 Å². The molecule has 4 amide bonds. The summed E-state index contributed by atoms with van der Waals surface area (Å²) in [5.74, 6) is -3.26. The average molecular weight is 493 g/mol. The highest BCUT2D eigenvalue weighted by Gasteiger charge is 2.50. The molecule has 2 aromatic rings. The van der Waals surface area contributed by atoms with Crippen LogP contribution < -0.4 is 0 Å². The number of carbonyl (C=O) groups is 4. The fraction of sp³-hybridized carbons (Fsp3) is 0.429. The van der Waals surface area contributed by atoms with Crippen LogP contribution in [0.15, 0.2) is 60.7 Å². The molecule has 0 bridgehead atoms. The molecule has 0 spiro atoms. The molecular formula is C28H32N2O6. The summed E-state index contributed by atoms with van der Waals surface area (Å²) < 4.78 is 10.5. The van der Waals surface area contributed by atoms with Crippen molar-refractivity contribution in [2.45, 2.75) is 51.6 Å². The summed E-state index contributed by atoms with van der Waals surface area (Å²) in [7, 11) is 0. The van der Waals surface area contributed by atoms with Crippen LogP contribution in [0, 0.1) is 11.8 Å². The van der Waals surface area contributed by atoms with Gasteiger partial charge in [0, 0.05) is 0 Å². The Kier molecular flexibility index (Phi) is 7.43. The zero-order valence-corrected chi connectivity index (χ0v) is 21.0. The maximum atomic E-state index is 14.2. The fourth-order valence-corrected chi connectivity index (χ4v) is 4.94. The van der Waals surface area contributed by atoms with Gasteiger partial charge in [-0.1, -0.05) is 88.4 Å². The first-order valence-corrected chi connectivity index (χ1v) is 12.3. The van der Waals surface area contributed by atoms with Gasteiger partial charge < -0.3 is 9.47 Å². The van der Waals surface area contributed by atoms with Gasteiger partial charge in [0.2, 0.25) is 11.8 Å². The molecule has 4 rings (SSSR count). The van der Waals surface area contributed by atoms with Gasteiger partial charge in [0.25, 0.3) is 0 Å². The van der Waals surface area contributed by atoms with Gasteiger partial charge in [-0.05, 0) is 23.0 Å². The number of hydrogen-bond donors (Lipinski definition) is 0. The molecule has 0 aromatic heterocycles. The van der Waals surface area contributed by atoms with Gasteiger partial charge in [0.15, 0.2) is 0 Å². The summed E-state index contributed by atoms with van der Waals surface area (Å²) in [5.41, 5.74) is 1.14. The maximum Gasteiger partial charge on any atom is 0.417 e. The highest BCUT2D eigenvalue weighted by Crippen LogP contribution is 2.39. The maximum absolute atomic E-state index is 14.2. The Labute approximate surface area is 211 Å². The van der Waals surface area contributed by atoms with E-state index in [4.69, 9.17) is 9.47 Å². The predicted octanol–water partition coefficient (Wildman–Crippen LogP) is 4.56. The lowest BCUT2D eigenvalue weighted by molar-refractivity contribution is -0.139. The largest absolute Gasteiger partial charge is 0.447 e. The molecule has 8 nitrogen and oxygen atoms in total. The fourth-order valence-electron chi connectivity index (χ4n) is 4.94. The van der Waals surface area contributed by atoms with Gasteiger partial charge in [-0.3, -0.25) is 9.59 Å². The van der Waals surface area contributed by atoms with Gasteiger partial charge in [0.05, 0.1) is 23.9 Å². The molecule has 2 aliphatic rings. The molecule has 0 unspecified atom stereocenters. The molecule has 2 aliphatic heterocycles. The Morgan fingerprint density at radius 2 is 1.00 bits per heavy atom. The minimum atomic E-state index is -1.06. The Balaban J connectivity index is 1.87. The zero-order chi connectivity index (χ0) is 26.0. The summed E-state index contributed by atoms with van der Waals surface area (Å²) in [6, 6.07) is 16.9. The second-order valence-electron chi connectivity index (χ2n) is 9.97. The molecule has 0 radical (unpaired) electrons. The van der Waals surface area contributed by atoms with Crippen molar-refractivity contribution in [3.8, 4) is 0 Å². The van der Waals surface area contributed by atoms with Gasteiger partial charge in [0.1, 0.15) is 13.2 Å². The first-order valence-electron chi connectivity index (χ1n) is 12.3. The third-order valence-electron chi connectivity index (χ3n) is 7.01. The molecular weight excluding hydrogens is 460 g/mol. The number of imide groups is 2. The van der Waals surface area contributed by atoms with Crippen LogP contribution in [0.3, 0.4) is 0 Å². The summed E-state index contributed by atoms with van der Waals surface area (Å²) in [6.07, 6.45) is -1.45. The van der Waals surface area contributed by atoms with E-state index in [0.29, 0.717) is 11.1 Å². The number of rotatable bonds is 7. The smallest absolute Gasteiger partial charge is 0.417 e. The number of benzene rings is 2. The van der Waals surface area contributed by atoms with E-state index in [0.717, 1.165) is 9.80 Å². The van der Waals surface area contributed by atoms with Crippen molar-refractivity contribution in [1.29, 1.82) is 0 Å². The van der Waals surface area contributed by atoms with E-state index in [9.17, 15) is 19.2 Å². The standard InChI is InChI=1S/C28H32N2O6/c1-17(2)21-15-35-27(33)29(21)25(31)23(19-11-7-5-8-12-19)24(20-13-9-6-10-14-20)26(32)30-22(18(3)4)16-36-28(30)34/h5-14,17-18,21-24H,15-16H2,1-4H3/t21-,22-,23-,24+/m1/s1. The third-order valence-corrected chi connectivity index (χ3v) is 7.01.